The largest absolute Gasteiger partial charge is 0.345 e. The molecule has 0 bridgehead atoms. The van der Waals surface area contributed by atoms with Gasteiger partial charge in [-0.3, -0.25) is 14.9 Å². The third-order valence-electron chi connectivity index (χ3n) is 4.91. The van der Waals surface area contributed by atoms with Gasteiger partial charge in [0.05, 0.1) is 15.1 Å². The number of hydrogen-bond acceptors (Lipinski definition) is 6. The van der Waals surface area contributed by atoms with Crippen LogP contribution >= 0.6 is 22.9 Å². The number of anilines is 1. The first-order valence-corrected chi connectivity index (χ1v) is 9.98. The number of aryl methyl sites for hydroxylation is 1. The number of carbonyl (C=O) groups excluding carboxylic acids is 1. The van der Waals surface area contributed by atoms with Gasteiger partial charge < -0.3 is 9.80 Å². The lowest BCUT2D eigenvalue weighted by molar-refractivity contribution is -0.385. The molecule has 0 unspecified atom stereocenters. The number of piperazine rings is 1. The van der Waals surface area contributed by atoms with Crippen molar-refractivity contribution in [3.05, 3.63) is 62.7 Å². The number of halogens is 1. The molecule has 0 saturated carbocycles. The number of amides is 1. The second kappa shape index (κ2) is 7.37. The van der Waals surface area contributed by atoms with Gasteiger partial charge in [-0.2, -0.15) is 0 Å². The van der Waals surface area contributed by atoms with Crippen molar-refractivity contribution in [1.29, 1.82) is 0 Å². The van der Waals surface area contributed by atoms with Crippen LogP contribution in [0.1, 0.15) is 15.9 Å². The summed E-state index contributed by atoms with van der Waals surface area (Å²) in [5, 5.41) is 12.8. The molecule has 144 valence electrons. The number of nitro groups is 1. The van der Waals surface area contributed by atoms with Crippen molar-refractivity contribution in [1.82, 2.24) is 9.88 Å². The standard InChI is InChI=1S/C19H17ClN4O3S/c1-12-14(20)6-7-16-17(12)21-19(28-16)23-10-8-22(9-11-23)18(25)13-4-2-3-5-15(13)24(26)27/h2-7H,8-11H2,1H3. The van der Waals surface area contributed by atoms with Gasteiger partial charge in [-0.25, -0.2) is 4.98 Å². The molecular weight excluding hydrogens is 400 g/mol. The van der Waals surface area contributed by atoms with Crippen molar-refractivity contribution in [2.45, 2.75) is 6.92 Å². The van der Waals surface area contributed by atoms with Gasteiger partial charge in [0.15, 0.2) is 5.13 Å². The molecule has 1 aliphatic rings. The van der Waals surface area contributed by atoms with E-state index in [2.05, 4.69) is 4.90 Å². The summed E-state index contributed by atoms with van der Waals surface area (Å²) in [4.78, 5) is 32.0. The van der Waals surface area contributed by atoms with Gasteiger partial charge in [0.25, 0.3) is 11.6 Å². The molecule has 1 aliphatic heterocycles. The summed E-state index contributed by atoms with van der Waals surface area (Å²) < 4.78 is 1.08. The number of hydrogen-bond donors (Lipinski definition) is 0. The summed E-state index contributed by atoms with van der Waals surface area (Å²) in [7, 11) is 0. The van der Waals surface area contributed by atoms with Crippen LogP contribution in [0.5, 0.6) is 0 Å². The normalized spacial score (nSPS) is 14.5. The molecule has 0 atom stereocenters. The second-order valence-electron chi connectivity index (χ2n) is 6.57. The van der Waals surface area contributed by atoms with Crippen molar-refractivity contribution in [2.24, 2.45) is 0 Å². The SMILES string of the molecule is Cc1c(Cl)ccc2sc(N3CCN(C(=O)c4ccccc4[N+](=O)[O-])CC3)nc12. The van der Waals surface area contributed by atoms with Crippen molar-refractivity contribution >= 4 is 49.9 Å². The average molecular weight is 417 g/mol. The van der Waals surface area contributed by atoms with Gasteiger partial charge in [0.1, 0.15) is 5.56 Å². The Balaban J connectivity index is 1.50. The van der Waals surface area contributed by atoms with E-state index in [0.29, 0.717) is 31.2 Å². The Kier molecular flexibility index (Phi) is 4.91. The minimum Gasteiger partial charge on any atom is -0.345 e. The van der Waals surface area contributed by atoms with Crippen molar-refractivity contribution < 1.29 is 9.72 Å². The third kappa shape index (κ3) is 3.29. The number of aromatic nitrogens is 1. The lowest BCUT2D eigenvalue weighted by Crippen LogP contribution is -2.48. The molecule has 3 aromatic rings. The van der Waals surface area contributed by atoms with E-state index in [1.807, 2.05) is 19.1 Å². The van der Waals surface area contributed by atoms with Crippen LogP contribution < -0.4 is 4.90 Å². The third-order valence-corrected chi connectivity index (χ3v) is 6.40. The summed E-state index contributed by atoms with van der Waals surface area (Å²) in [6.07, 6.45) is 0. The van der Waals surface area contributed by atoms with E-state index in [9.17, 15) is 14.9 Å². The smallest absolute Gasteiger partial charge is 0.282 e. The first kappa shape index (κ1) is 18.6. The van der Waals surface area contributed by atoms with Gasteiger partial charge in [-0.1, -0.05) is 35.1 Å². The number of nitro benzene ring substituents is 1. The highest BCUT2D eigenvalue weighted by Crippen LogP contribution is 2.34. The van der Waals surface area contributed by atoms with E-state index >= 15 is 0 Å². The molecule has 0 radical (unpaired) electrons. The van der Waals surface area contributed by atoms with Crippen LogP contribution in [0.2, 0.25) is 5.02 Å². The van der Waals surface area contributed by atoms with Crippen LogP contribution in [0.25, 0.3) is 10.2 Å². The summed E-state index contributed by atoms with van der Waals surface area (Å²) in [5.74, 6) is -0.307. The molecule has 1 aromatic heterocycles. The van der Waals surface area contributed by atoms with Crippen LogP contribution in [0.4, 0.5) is 10.8 Å². The van der Waals surface area contributed by atoms with E-state index in [1.54, 1.807) is 28.4 Å². The lowest BCUT2D eigenvalue weighted by Gasteiger charge is -2.34. The maximum atomic E-state index is 12.8. The fraction of sp³-hybridized carbons (Fsp3) is 0.263. The molecule has 2 aromatic carbocycles. The molecule has 7 nitrogen and oxygen atoms in total. The van der Waals surface area contributed by atoms with E-state index < -0.39 is 4.92 Å². The summed E-state index contributed by atoms with van der Waals surface area (Å²) in [6, 6.07) is 9.93. The van der Waals surface area contributed by atoms with Crippen LogP contribution in [0, 0.1) is 17.0 Å². The molecule has 0 N–H and O–H groups in total. The predicted octanol–water partition coefficient (Wildman–Crippen LogP) is 4.13. The quantitative estimate of drug-likeness (QED) is 0.473. The van der Waals surface area contributed by atoms with Crippen molar-refractivity contribution in [2.75, 3.05) is 31.1 Å². The van der Waals surface area contributed by atoms with Crippen molar-refractivity contribution in [3.63, 3.8) is 0 Å². The van der Waals surface area contributed by atoms with E-state index in [0.717, 1.165) is 20.9 Å². The number of benzene rings is 2. The van der Waals surface area contributed by atoms with E-state index in [4.69, 9.17) is 16.6 Å². The van der Waals surface area contributed by atoms with Crippen LogP contribution in [0.15, 0.2) is 36.4 Å². The minimum absolute atomic E-state index is 0.131. The van der Waals surface area contributed by atoms with Crippen LogP contribution in [0.3, 0.4) is 0 Å². The molecule has 0 aliphatic carbocycles. The van der Waals surface area contributed by atoms with Gasteiger partial charge in [-0.05, 0) is 30.7 Å². The molecule has 1 amide bonds. The molecule has 2 heterocycles. The Morgan fingerprint density at radius 2 is 1.89 bits per heavy atom. The fourth-order valence-corrected chi connectivity index (χ4v) is 4.54. The summed E-state index contributed by atoms with van der Waals surface area (Å²) in [5.41, 5.74) is 1.84. The molecule has 1 saturated heterocycles. The Bertz CT molecular complexity index is 1080. The Morgan fingerprint density at radius 3 is 2.61 bits per heavy atom. The molecule has 1 fully saturated rings. The summed E-state index contributed by atoms with van der Waals surface area (Å²) in [6.45, 7) is 4.18. The van der Waals surface area contributed by atoms with Gasteiger partial charge in [0, 0.05) is 37.3 Å². The minimum atomic E-state index is -0.516. The Labute approximate surface area is 170 Å². The monoisotopic (exact) mass is 416 g/mol. The Morgan fingerprint density at radius 1 is 1.18 bits per heavy atom. The Hall–Kier alpha value is -2.71. The molecule has 0 spiro atoms. The van der Waals surface area contributed by atoms with E-state index in [1.165, 1.54) is 12.1 Å². The number of rotatable bonds is 3. The van der Waals surface area contributed by atoms with Crippen LogP contribution in [-0.4, -0.2) is 46.9 Å². The van der Waals surface area contributed by atoms with Gasteiger partial charge in [-0.15, -0.1) is 0 Å². The zero-order valence-electron chi connectivity index (χ0n) is 15.1. The number of thiazole rings is 1. The highest BCUT2D eigenvalue weighted by Gasteiger charge is 2.28. The molecule has 28 heavy (non-hydrogen) atoms. The maximum Gasteiger partial charge on any atom is 0.282 e. The fourth-order valence-electron chi connectivity index (χ4n) is 3.31. The molecule has 9 heteroatoms. The molecule has 4 rings (SSSR count). The zero-order chi connectivity index (χ0) is 19.8. The van der Waals surface area contributed by atoms with Gasteiger partial charge >= 0.3 is 0 Å². The molecular formula is C19H17ClN4O3S. The van der Waals surface area contributed by atoms with Crippen molar-refractivity contribution in [3.8, 4) is 0 Å². The first-order valence-electron chi connectivity index (χ1n) is 8.79. The average Bonchev–Trinajstić information content (AvgIpc) is 3.15. The second-order valence-corrected chi connectivity index (χ2v) is 7.99. The number of carbonyl (C=O) groups is 1. The lowest BCUT2D eigenvalue weighted by atomic mass is 10.1. The maximum absolute atomic E-state index is 12.8. The van der Waals surface area contributed by atoms with E-state index in [-0.39, 0.29) is 17.2 Å². The van der Waals surface area contributed by atoms with Gasteiger partial charge in [0.2, 0.25) is 0 Å². The zero-order valence-corrected chi connectivity index (χ0v) is 16.7. The number of fused-ring (bicyclic) bond motifs is 1. The van der Waals surface area contributed by atoms with Crippen LogP contribution in [-0.2, 0) is 0 Å². The predicted molar refractivity (Wildman–Crippen MR) is 111 cm³/mol. The topological polar surface area (TPSA) is 79.6 Å². The first-order chi connectivity index (χ1) is 13.5. The summed E-state index contributed by atoms with van der Waals surface area (Å²) >= 11 is 7.79. The highest BCUT2D eigenvalue weighted by molar-refractivity contribution is 7.22. The number of para-hydroxylation sites is 1. The highest BCUT2D eigenvalue weighted by atomic mass is 35.5. The number of nitrogens with zero attached hydrogens (tertiary/aromatic N) is 4.